The fourth-order valence-electron chi connectivity index (χ4n) is 2.14. The minimum Gasteiger partial charge on any atom is -0.476 e. The van der Waals surface area contributed by atoms with E-state index in [9.17, 15) is 4.79 Å². The van der Waals surface area contributed by atoms with Gasteiger partial charge in [0.25, 0.3) is 5.91 Å². The highest BCUT2D eigenvalue weighted by Crippen LogP contribution is 2.34. The molecule has 0 radical (unpaired) electrons. The van der Waals surface area contributed by atoms with Crippen LogP contribution in [0.3, 0.4) is 0 Å². The van der Waals surface area contributed by atoms with E-state index < -0.39 is 0 Å². The van der Waals surface area contributed by atoms with Gasteiger partial charge in [0.1, 0.15) is 5.56 Å². The van der Waals surface area contributed by atoms with Gasteiger partial charge < -0.3 is 19.5 Å². The molecule has 1 N–H and O–H groups in total. The summed E-state index contributed by atoms with van der Waals surface area (Å²) in [5.74, 6) is 1.35. The molecule has 1 aromatic heterocycles. The van der Waals surface area contributed by atoms with Gasteiger partial charge in [0.2, 0.25) is 12.7 Å². The highest BCUT2D eigenvalue weighted by Gasteiger charge is 2.19. The second-order valence-electron chi connectivity index (χ2n) is 4.66. The van der Waals surface area contributed by atoms with Crippen LogP contribution in [0.4, 0.5) is 5.69 Å². The molecule has 116 valence electrons. The van der Waals surface area contributed by atoms with Gasteiger partial charge in [-0.05, 0) is 26.0 Å². The molecule has 0 aliphatic carbocycles. The van der Waals surface area contributed by atoms with E-state index in [1.807, 2.05) is 13.8 Å². The fraction of sp³-hybridized carbons (Fsp3) is 0.333. The number of fused-ring (bicyclic) bond motifs is 1. The van der Waals surface area contributed by atoms with Gasteiger partial charge in [0.05, 0.1) is 6.61 Å². The molecular weight excluding hydrogens is 286 g/mol. The van der Waals surface area contributed by atoms with Crippen LogP contribution in [0, 0.1) is 0 Å². The number of nitrogens with zero attached hydrogens (tertiary/aromatic N) is 2. The lowest BCUT2D eigenvalue weighted by Gasteiger charge is -2.06. The molecule has 0 spiro atoms. The van der Waals surface area contributed by atoms with Crippen molar-refractivity contribution in [2.75, 3.05) is 18.7 Å². The van der Waals surface area contributed by atoms with Crippen LogP contribution in [0.25, 0.3) is 0 Å². The van der Waals surface area contributed by atoms with Crippen molar-refractivity contribution in [2.45, 2.75) is 20.4 Å². The van der Waals surface area contributed by atoms with Gasteiger partial charge in [-0.2, -0.15) is 0 Å². The molecule has 3 rings (SSSR count). The van der Waals surface area contributed by atoms with E-state index in [0.29, 0.717) is 41.8 Å². The van der Waals surface area contributed by atoms with Crippen molar-refractivity contribution in [2.24, 2.45) is 0 Å². The Labute approximate surface area is 127 Å². The van der Waals surface area contributed by atoms with Crippen molar-refractivity contribution in [3.05, 3.63) is 30.0 Å². The Morgan fingerprint density at radius 3 is 2.95 bits per heavy atom. The molecule has 0 unspecified atom stereocenters. The molecule has 1 aliphatic rings. The first-order valence-corrected chi connectivity index (χ1v) is 7.12. The number of hydrogen-bond donors (Lipinski definition) is 1. The maximum atomic E-state index is 12.4. The monoisotopic (exact) mass is 303 g/mol. The van der Waals surface area contributed by atoms with E-state index in [1.54, 1.807) is 29.1 Å². The summed E-state index contributed by atoms with van der Waals surface area (Å²) in [6.45, 7) is 5.11. The molecule has 0 atom stereocenters. The number of anilines is 1. The molecule has 1 amide bonds. The van der Waals surface area contributed by atoms with Crippen LogP contribution < -0.4 is 19.5 Å². The molecule has 0 fully saturated rings. The first kappa shape index (κ1) is 14.2. The van der Waals surface area contributed by atoms with Crippen LogP contribution in [-0.2, 0) is 6.54 Å². The quantitative estimate of drug-likeness (QED) is 0.917. The number of nitrogens with one attached hydrogen (secondary N) is 1. The van der Waals surface area contributed by atoms with Crippen molar-refractivity contribution in [3.8, 4) is 17.4 Å². The van der Waals surface area contributed by atoms with Crippen LogP contribution in [0.2, 0.25) is 0 Å². The third-order valence-electron chi connectivity index (χ3n) is 3.21. The molecule has 0 bridgehead atoms. The minimum atomic E-state index is -0.276. The molecule has 7 nitrogen and oxygen atoms in total. The van der Waals surface area contributed by atoms with Crippen LogP contribution in [0.5, 0.6) is 17.4 Å². The van der Waals surface area contributed by atoms with E-state index in [1.165, 1.54) is 0 Å². The average Bonchev–Trinajstić information content (AvgIpc) is 3.13. The zero-order chi connectivity index (χ0) is 15.5. The van der Waals surface area contributed by atoms with Crippen LogP contribution >= 0.6 is 0 Å². The maximum Gasteiger partial charge on any atom is 0.262 e. The van der Waals surface area contributed by atoms with Crippen LogP contribution in [-0.4, -0.2) is 29.1 Å². The molecule has 7 heteroatoms. The molecule has 1 aliphatic heterocycles. The summed E-state index contributed by atoms with van der Waals surface area (Å²) < 4.78 is 17.6. The van der Waals surface area contributed by atoms with Crippen molar-refractivity contribution in [1.29, 1.82) is 0 Å². The summed E-state index contributed by atoms with van der Waals surface area (Å²) in [4.78, 5) is 12.4. The van der Waals surface area contributed by atoms with E-state index >= 15 is 0 Å². The van der Waals surface area contributed by atoms with Crippen LogP contribution in [0.15, 0.2) is 24.4 Å². The lowest BCUT2D eigenvalue weighted by Crippen LogP contribution is -2.12. The summed E-state index contributed by atoms with van der Waals surface area (Å²) in [7, 11) is 0. The average molecular weight is 303 g/mol. The van der Waals surface area contributed by atoms with E-state index in [2.05, 4.69) is 10.4 Å². The van der Waals surface area contributed by atoms with Gasteiger partial charge in [-0.3, -0.25) is 9.48 Å². The lowest BCUT2D eigenvalue weighted by molar-refractivity contribution is 0.102. The summed E-state index contributed by atoms with van der Waals surface area (Å²) in [5.41, 5.74) is 1.03. The summed E-state index contributed by atoms with van der Waals surface area (Å²) in [5, 5.41) is 7.04. The van der Waals surface area contributed by atoms with Gasteiger partial charge >= 0.3 is 0 Å². The molecular formula is C15H17N3O4. The van der Waals surface area contributed by atoms with E-state index in [4.69, 9.17) is 14.2 Å². The van der Waals surface area contributed by atoms with Crippen molar-refractivity contribution in [1.82, 2.24) is 9.78 Å². The van der Waals surface area contributed by atoms with Crippen molar-refractivity contribution in [3.63, 3.8) is 0 Å². The Morgan fingerprint density at radius 1 is 1.36 bits per heavy atom. The largest absolute Gasteiger partial charge is 0.476 e. The first-order valence-electron chi connectivity index (χ1n) is 7.12. The van der Waals surface area contributed by atoms with Gasteiger partial charge in [0.15, 0.2) is 11.5 Å². The Hall–Kier alpha value is -2.70. The number of amides is 1. The van der Waals surface area contributed by atoms with Crippen molar-refractivity contribution >= 4 is 11.6 Å². The van der Waals surface area contributed by atoms with Gasteiger partial charge in [0, 0.05) is 24.5 Å². The minimum absolute atomic E-state index is 0.199. The molecule has 2 aromatic rings. The predicted octanol–water partition coefficient (Wildman–Crippen LogP) is 2.28. The highest BCUT2D eigenvalue weighted by atomic mass is 16.7. The second-order valence-corrected chi connectivity index (χ2v) is 4.66. The number of benzene rings is 1. The molecule has 0 saturated heterocycles. The zero-order valence-corrected chi connectivity index (χ0v) is 12.5. The topological polar surface area (TPSA) is 74.6 Å². The van der Waals surface area contributed by atoms with Gasteiger partial charge in [-0.15, -0.1) is 5.10 Å². The summed E-state index contributed by atoms with van der Waals surface area (Å²) >= 11 is 0. The number of ether oxygens (including phenoxy) is 3. The smallest absolute Gasteiger partial charge is 0.262 e. The third kappa shape index (κ3) is 2.69. The fourth-order valence-corrected chi connectivity index (χ4v) is 2.14. The van der Waals surface area contributed by atoms with Gasteiger partial charge in [-0.1, -0.05) is 0 Å². The number of hydrogen-bond acceptors (Lipinski definition) is 5. The SMILES string of the molecule is CCOc1nn(CC)cc1C(=O)Nc1ccc2c(c1)OCO2. The summed E-state index contributed by atoms with van der Waals surface area (Å²) in [6.07, 6.45) is 1.67. The molecule has 1 aromatic carbocycles. The second kappa shape index (κ2) is 5.97. The van der Waals surface area contributed by atoms with Crippen molar-refractivity contribution < 1.29 is 19.0 Å². The molecule has 0 saturated carbocycles. The molecule has 2 heterocycles. The third-order valence-corrected chi connectivity index (χ3v) is 3.21. The van der Waals surface area contributed by atoms with E-state index in [0.717, 1.165) is 0 Å². The molecule has 22 heavy (non-hydrogen) atoms. The number of rotatable bonds is 5. The number of aryl methyl sites for hydroxylation is 1. The summed E-state index contributed by atoms with van der Waals surface area (Å²) in [6, 6.07) is 5.25. The Bertz CT molecular complexity index is 696. The number of carbonyl (C=O) groups is 1. The predicted molar refractivity (Wildman–Crippen MR) is 79.6 cm³/mol. The first-order chi connectivity index (χ1) is 10.7. The van der Waals surface area contributed by atoms with Gasteiger partial charge in [-0.25, -0.2) is 0 Å². The Morgan fingerprint density at radius 2 is 2.18 bits per heavy atom. The zero-order valence-electron chi connectivity index (χ0n) is 12.5. The maximum absolute atomic E-state index is 12.4. The number of carbonyl (C=O) groups excluding carboxylic acids is 1. The standard InChI is InChI=1S/C15H17N3O4/c1-3-18-8-11(15(17-18)20-4-2)14(19)16-10-5-6-12-13(7-10)22-9-21-12/h5-8H,3-4,9H2,1-2H3,(H,16,19). The lowest BCUT2D eigenvalue weighted by atomic mass is 10.2. The highest BCUT2D eigenvalue weighted by molar-refractivity contribution is 6.05. The number of aromatic nitrogens is 2. The van der Waals surface area contributed by atoms with Crippen LogP contribution in [0.1, 0.15) is 24.2 Å². The van der Waals surface area contributed by atoms with E-state index in [-0.39, 0.29) is 12.7 Å². The normalized spacial score (nSPS) is 12.3. The Kier molecular flexibility index (Phi) is 3.86. The Balaban J connectivity index is 1.80.